The maximum atomic E-state index is 13.2. The first-order valence-electron chi connectivity index (χ1n) is 10.6. The number of nitrogens with zero attached hydrogens (tertiary/aromatic N) is 2. The predicted octanol–water partition coefficient (Wildman–Crippen LogP) is 4.56. The van der Waals surface area contributed by atoms with Crippen LogP contribution in [0.3, 0.4) is 0 Å². The Morgan fingerprint density at radius 2 is 1.84 bits per heavy atom. The number of fused-ring (bicyclic) bond motifs is 1. The Morgan fingerprint density at radius 3 is 2.50 bits per heavy atom. The molecule has 2 heterocycles. The molecule has 7 nitrogen and oxygen atoms in total. The SMILES string of the molecule is CC(C)CCc1c(-c2ccc(OCc3ccccc3)cc2)[nH]c2c(C(=O)O)cnn2c1=O. The average Bonchev–Trinajstić information content (AvgIpc) is 3.22. The number of carboxylic acid groups (broad SMARTS) is 1. The van der Waals surface area contributed by atoms with Gasteiger partial charge in [0.05, 0.1) is 11.9 Å². The minimum Gasteiger partial charge on any atom is -0.489 e. The van der Waals surface area contributed by atoms with Crippen molar-refractivity contribution >= 4 is 11.6 Å². The highest BCUT2D eigenvalue weighted by Gasteiger charge is 2.19. The fraction of sp³-hybridized carbons (Fsp3) is 0.240. The minimum absolute atomic E-state index is 0.0402. The van der Waals surface area contributed by atoms with E-state index in [-0.39, 0.29) is 16.8 Å². The first-order valence-corrected chi connectivity index (χ1v) is 10.6. The highest BCUT2D eigenvalue weighted by Crippen LogP contribution is 2.26. The summed E-state index contributed by atoms with van der Waals surface area (Å²) >= 11 is 0. The normalized spacial score (nSPS) is 11.2. The molecule has 0 bridgehead atoms. The summed E-state index contributed by atoms with van der Waals surface area (Å²) < 4.78 is 7.00. The molecule has 0 unspecified atom stereocenters. The molecule has 0 amide bonds. The zero-order valence-electron chi connectivity index (χ0n) is 18.0. The summed E-state index contributed by atoms with van der Waals surface area (Å²) in [4.78, 5) is 27.9. The molecule has 0 fully saturated rings. The van der Waals surface area contributed by atoms with Gasteiger partial charge in [0, 0.05) is 5.56 Å². The maximum absolute atomic E-state index is 13.2. The van der Waals surface area contributed by atoms with Gasteiger partial charge in [-0.3, -0.25) is 4.79 Å². The van der Waals surface area contributed by atoms with Crippen LogP contribution in [-0.2, 0) is 13.0 Å². The molecule has 2 aromatic heterocycles. The zero-order chi connectivity index (χ0) is 22.7. The van der Waals surface area contributed by atoms with Crippen LogP contribution in [0.15, 0.2) is 65.6 Å². The van der Waals surface area contributed by atoms with Crippen molar-refractivity contribution < 1.29 is 14.6 Å². The van der Waals surface area contributed by atoms with Crippen LogP contribution in [0.4, 0.5) is 0 Å². The number of ether oxygens (including phenoxy) is 1. The van der Waals surface area contributed by atoms with Crippen molar-refractivity contribution in [1.82, 2.24) is 14.6 Å². The molecule has 2 aromatic carbocycles. The van der Waals surface area contributed by atoms with E-state index in [4.69, 9.17) is 4.74 Å². The van der Waals surface area contributed by atoms with Gasteiger partial charge in [0.15, 0.2) is 5.65 Å². The highest BCUT2D eigenvalue weighted by atomic mass is 16.5. The third-order valence-electron chi connectivity index (χ3n) is 5.36. The number of rotatable bonds is 8. The maximum Gasteiger partial charge on any atom is 0.341 e. The molecule has 32 heavy (non-hydrogen) atoms. The summed E-state index contributed by atoms with van der Waals surface area (Å²) in [6.45, 7) is 4.66. The molecule has 0 radical (unpaired) electrons. The minimum atomic E-state index is -1.14. The van der Waals surface area contributed by atoms with Crippen molar-refractivity contribution in [2.45, 2.75) is 33.3 Å². The molecule has 4 rings (SSSR count). The van der Waals surface area contributed by atoms with Crippen LogP contribution in [0.2, 0.25) is 0 Å². The Hall–Kier alpha value is -3.87. The van der Waals surface area contributed by atoms with Crippen LogP contribution in [0, 0.1) is 5.92 Å². The number of hydrogen-bond donors (Lipinski definition) is 2. The van der Waals surface area contributed by atoms with Crippen molar-refractivity contribution in [3.63, 3.8) is 0 Å². The van der Waals surface area contributed by atoms with Crippen LogP contribution < -0.4 is 10.3 Å². The summed E-state index contributed by atoms with van der Waals surface area (Å²) in [6.07, 6.45) is 2.59. The number of carbonyl (C=O) groups is 1. The molecule has 0 aliphatic heterocycles. The molecular formula is C25H25N3O4. The topological polar surface area (TPSA) is 96.7 Å². The number of carboxylic acids is 1. The highest BCUT2D eigenvalue weighted by molar-refractivity contribution is 5.94. The van der Waals surface area contributed by atoms with E-state index in [1.54, 1.807) is 0 Å². The molecular weight excluding hydrogens is 406 g/mol. The van der Waals surface area contributed by atoms with Crippen LogP contribution in [-0.4, -0.2) is 25.7 Å². The van der Waals surface area contributed by atoms with E-state index >= 15 is 0 Å². The first kappa shape index (κ1) is 21.4. The molecule has 164 valence electrons. The van der Waals surface area contributed by atoms with Crippen molar-refractivity contribution in [2.75, 3.05) is 0 Å². The fourth-order valence-corrected chi connectivity index (χ4v) is 3.58. The Morgan fingerprint density at radius 1 is 1.12 bits per heavy atom. The summed E-state index contributed by atoms with van der Waals surface area (Å²) in [5, 5.41) is 13.5. The number of aromatic nitrogens is 3. The molecule has 0 atom stereocenters. The van der Waals surface area contributed by atoms with Gasteiger partial charge in [-0.25, -0.2) is 4.79 Å². The molecule has 2 N–H and O–H groups in total. The van der Waals surface area contributed by atoms with Gasteiger partial charge in [0.25, 0.3) is 5.56 Å². The standard InChI is InChI=1S/C25H25N3O4/c1-16(2)8-13-20-22(27-23-21(25(30)31)14-26-28(23)24(20)29)18-9-11-19(12-10-18)32-15-17-6-4-3-5-7-17/h3-7,9-12,14,16,27H,8,13,15H2,1-2H3,(H,30,31). The molecule has 0 spiro atoms. The van der Waals surface area contributed by atoms with Crippen molar-refractivity contribution in [2.24, 2.45) is 5.92 Å². The van der Waals surface area contributed by atoms with E-state index in [0.29, 0.717) is 36.0 Å². The van der Waals surface area contributed by atoms with Crippen LogP contribution in [0.25, 0.3) is 16.9 Å². The third-order valence-corrected chi connectivity index (χ3v) is 5.36. The predicted molar refractivity (Wildman–Crippen MR) is 122 cm³/mol. The second-order valence-corrected chi connectivity index (χ2v) is 8.14. The number of H-pyrrole nitrogens is 1. The Kier molecular flexibility index (Phi) is 6.07. The van der Waals surface area contributed by atoms with E-state index in [2.05, 4.69) is 23.9 Å². The number of nitrogens with one attached hydrogen (secondary N) is 1. The van der Waals surface area contributed by atoms with E-state index in [9.17, 15) is 14.7 Å². The Bertz CT molecular complexity index is 1290. The van der Waals surface area contributed by atoms with Gasteiger partial charge in [0.1, 0.15) is 17.9 Å². The Balaban J connectivity index is 1.71. The van der Waals surface area contributed by atoms with Gasteiger partial charge in [-0.2, -0.15) is 9.61 Å². The molecule has 0 saturated carbocycles. The van der Waals surface area contributed by atoms with Gasteiger partial charge in [-0.15, -0.1) is 0 Å². The smallest absolute Gasteiger partial charge is 0.341 e. The molecule has 0 aliphatic rings. The summed E-state index contributed by atoms with van der Waals surface area (Å²) in [6, 6.07) is 17.3. The Labute approximate surface area is 185 Å². The molecule has 0 aliphatic carbocycles. The number of benzene rings is 2. The van der Waals surface area contributed by atoms with Crippen molar-refractivity contribution in [3.8, 4) is 17.0 Å². The number of hydrogen-bond acceptors (Lipinski definition) is 4. The molecule has 0 saturated heterocycles. The second-order valence-electron chi connectivity index (χ2n) is 8.14. The van der Waals surface area contributed by atoms with Gasteiger partial charge in [0.2, 0.25) is 0 Å². The van der Waals surface area contributed by atoms with Crippen LogP contribution >= 0.6 is 0 Å². The lowest BCUT2D eigenvalue weighted by Crippen LogP contribution is -2.22. The summed E-state index contributed by atoms with van der Waals surface area (Å²) in [5.74, 6) is -0.0135. The summed E-state index contributed by atoms with van der Waals surface area (Å²) in [5.41, 5.74) is 2.89. The fourth-order valence-electron chi connectivity index (χ4n) is 3.58. The van der Waals surface area contributed by atoms with Crippen LogP contribution in [0.1, 0.15) is 41.8 Å². The van der Waals surface area contributed by atoms with E-state index in [1.165, 1.54) is 6.20 Å². The first-order chi connectivity index (χ1) is 15.4. The van der Waals surface area contributed by atoms with E-state index in [0.717, 1.165) is 22.1 Å². The zero-order valence-corrected chi connectivity index (χ0v) is 18.0. The average molecular weight is 431 g/mol. The van der Waals surface area contributed by atoms with Gasteiger partial charge in [-0.05, 0) is 54.2 Å². The summed E-state index contributed by atoms with van der Waals surface area (Å²) in [7, 11) is 0. The van der Waals surface area contributed by atoms with Crippen molar-refractivity contribution in [3.05, 3.63) is 87.8 Å². The number of aromatic carboxylic acids is 1. The van der Waals surface area contributed by atoms with Gasteiger partial charge >= 0.3 is 5.97 Å². The third kappa shape index (κ3) is 4.42. The van der Waals surface area contributed by atoms with E-state index < -0.39 is 5.97 Å². The monoisotopic (exact) mass is 431 g/mol. The number of aromatic amines is 1. The lowest BCUT2D eigenvalue weighted by molar-refractivity contribution is 0.0698. The molecule has 4 aromatic rings. The van der Waals surface area contributed by atoms with Gasteiger partial charge in [-0.1, -0.05) is 44.2 Å². The van der Waals surface area contributed by atoms with Gasteiger partial charge < -0.3 is 14.8 Å². The molecule has 7 heteroatoms. The quantitative estimate of drug-likeness (QED) is 0.426. The second kappa shape index (κ2) is 9.09. The largest absolute Gasteiger partial charge is 0.489 e. The lowest BCUT2D eigenvalue weighted by atomic mass is 9.99. The van der Waals surface area contributed by atoms with E-state index in [1.807, 2.05) is 54.6 Å². The lowest BCUT2D eigenvalue weighted by Gasteiger charge is -2.13. The van der Waals surface area contributed by atoms with Crippen molar-refractivity contribution in [1.29, 1.82) is 0 Å². The van der Waals surface area contributed by atoms with Crippen LogP contribution in [0.5, 0.6) is 5.75 Å².